The first-order valence-electron chi connectivity index (χ1n) is 6.59. The van der Waals surface area contributed by atoms with E-state index >= 15 is 0 Å². The van der Waals surface area contributed by atoms with Gasteiger partial charge in [0, 0.05) is 25.1 Å². The van der Waals surface area contributed by atoms with E-state index in [2.05, 4.69) is 18.7 Å². The Balaban J connectivity index is 2.63. The zero-order valence-electron chi connectivity index (χ0n) is 11.6. The first kappa shape index (κ1) is 15.1. The van der Waals surface area contributed by atoms with Gasteiger partial charge in [0.15, 0.2) is 0 Å². The fourth-order valence-electron chi connectivity index (χ4n) is 2.32. The minimum Gasteiger partial charge on any atom is -0.396 e. The van der Waals surface area contributed by atoms with Crippen LogP contribution in [0.4, 0.5) is 4.39 Å². The average Bonchev–Trinajstić information content (AvgIpc) is 2.36. The third kappa shape index (κ3) is 4.07. The number of halogens is 1. The molecule has 0 unspecified atom stereocenters. The van der Waals surface area contributed by atoms with E-state index in [1.54, 1.807) is 12.1 Å². The Morgan fingerprint density at radius 2 is 1.94 bits per heavy atom. The largest absolute Gasteiger partial charge is 0.396 e. The topological polar surface area (TPSA) is 23.5 Å². The van der Waals surface area contributed by atoms with Crippen molar-refractivity contribution in [1.29, 1.82) is 0 Å². The smallest absolute Gasteiger partial charge is 0.123 e. The minimum atomic E-state index is -0.194. The lowest BCUT2D eigenvalue weighted by Crippen LogP contribution is -2.37. The number of aliphatic hydroxyl groups excluding tert-OH is 1. The molecular weight excluding hydrogens is 229 g/mol. The van der Waals surface area contributed by atoms with E-state index in [1.165, 1.54) is 6.07 Å². The maximum Gasteiger partial charge on any atom is 0.123 e. The minimum absolute atomic E-state index is 0.0396. The molecule has 0 spiro atoms. The molecule has 0 amide bonds. The zero-order valence-corrected chi connectivity index (χ0v) is 11.6. The van der Waals surface area contributed by atoms with E-state index in [1.807, 2.05) is 13.1 Å². The number of benzene rings is 1. The van der Waals surface area contributed by atoms with Gasteiger partial charge in [-0.15, -0.1) is 0 Å². The molecule has 0 aromatic heterocycles. The molecule has 0 saturated heterocycles. The van der Waals surface area contributed by atoms with Crippen LogP contribution in [0.1, 0.15) is 32.3 Å². The summed E-state index contributed by atoms with van der Waals surface area (Å²) in [6.45, 7) is 5.95. The van der Waals surface area contributed by atoms with Crippen LogP contribution in [-0.2, 0) is 6.54 Å². The second-order valence-electron chi connectivity index (χ2n) is 5.17. The second-order valence-corrected chi connectivity index (χ2v) is 5.17. The molecule has 0 atom stereocenters. The monoisotopic (exact) mass is 253 g/mol. The van der Waals surface area contributed by atoms with Crippen LogP contribution in [0, 0.1) is 11.2 Å². The molecule has 0 heterocycles. The molecule has 0 fully saturated rings. The van der Waals surface area contributed by atoms with Gasteiger partial charge in [-0.2, -0.15) is 0 Å². The van der Waals surface area contributed by atoms with Gasteiger partial charge in [-0.25, -0.2) is 4.39 Å². The van der Waals surface area contributed by atoms with Crippen LogP contribution >= 0.6 is 0 Å². The summed E-state index contributed by atoms with van der Waals surface area (Å²) in [6, 6.07) is 6.68. The molecule has 0 saturated carbocycles. The Labute approximate surface area is 109 Å². The van der Waals surface area contributed by atoms with Crippen LogP contribution in [0.2, 0.25) is 0 Å². The summed E-state index contributed by atoms with van der Waals surface area (Å²) in [4.78, 5) is 2.15. The van der Waals surface area contributed by atoms with E-state index in [0.717, 1.165) is 24.9 Å². The van der Waals surface area contributed by atoms with Gasteiger partial charge in [0.05, 0.1) is 0 Å². The summed E-state index contributed by atoms with van der Waals surface area (Å²) in [5, 5.41) is 9.55. The summed E-state index contributed by atoms with van der Waals surface area (Å²) in [5.41, 5.74) is 0.929. The van der Waals surface area contributed by atoms with Crippen molar-refractivity contribution in [3.05, 3.63) is 35.6 Å². The highest BCUT2D eigenvalue weighted by Gasteiger charge is 2.26. The van der Waals surface area contributed by atoms with Gasteiger partial charge in [0.2, 0.25) is 0 Å². The fourth-order valence-corrected chi connectivity index (χ4v) is 2.32. The van der Waals surface area contributed by atoms with Gasteiger partial charge in [-0.05, 0) is 37.6 Å². The van der Waals surface area contributed by atoms with Crippen LogP contribution < -0.4 is 0 Å². The molecule has 102 valence electrons. The van der Waals surface area contributed by atoms with Crippen molar-refractivity contribution in [1.82, 2.24) is 4.90 Å². The zero-order chi connectivity index (χ0) is 13.6. The SMILES string of the molecule is CCC(CC)(CO)CN(C)Cc1cccc(F)c1. The van der Waals surface area contributed by atoms with Crippen LogP contribution in [0.3, 0.4) is 0 Å². The molecule has 3 heteroatoms. The van der Waals surface area contributed by atoms with Crippen LogP contribution in [-0.4, -0.2) is 30.2 Å². The molecule has 0 aliphatic heterocycles. The molecule has 1 aromatic rings. The van der Waals surface area contributed by atoms with Gasteiger partial charge >= 0.3 is 0 Å². The standard InChI is InChI=1S/C15H24FNO/c1-4-15(5-2,12-18)11-17(3)10-13-7-6-8-14(16)9-13/h6-9,18H,4-5,10-12H2,1-3H3. The summed E-state index contributed by atoms with van der Waals surface area (Å²) in [5.74, 6) is -0.194. The van der Waals surface area contributed by atoms with E-state index in [9.17, 15) is 9.50 Å². The summed E-state index contributed by atoms with van der Waals surface area (Å²) < 4.78 is 13.1. The summed E-state index contributed by atoms with van der Waals surface area (Å²) >= 11 is 0. The van der Waals surface area contributed by atoms with Crippen molar-refractivity contribution in [3.8, 4) is 0 Å². The Morgan fingerprint density at radius 3 is 2.44 bits per heavy atom. The highest BCUT2D eigenvalue weighted by atomic mass is 19.1. The molecule has 0 bridgehead atoms. The van der Waals surface area contributed by atoms with E-state index in [4.69, 9.17) is 0 Å². The highest BCUT2D eigenvalue weighted by Crippen LogP contribution is 2.27. The third-order valence-electron chi connectivity index (χ3n) is 3.78. The van der Waals surface area contributed by atoms with Crippen molar-refractivity contribution in [2.45, 2.75) is 33.2 Å². The van der Waals surface area contributed by atoms with Crippen LogP contribution in [0.5, 0.6) is 0 Å². The van der Waals surface area contributed by atoms with Crippen molar-refractivity contribution >= 4 is 0 Å². The Morgan fingerprint density at radius 1 is 1.28 bits per heavy atom. The maximum atomic E-state index is 13.1. The number of nitrogens with zero attached hydrogens (tertiary/aromatic N) is 1. The van der Waals surface area contributed by atoms with Gasteiger partial charge in [-0.3, -0.25) is 0 Å². The number of aliphatic hydroxyl groups is 1. The Kier molecular flexibility index (Phi) is 5.76. The molecule has 0 aliphatic rings. The van der Waals surface area contributed by atoms with Crippen molar-refractivity contribution in [3.63, 3.8) is 0 Å². The number of rotatable bonds is 7. The van der Waals surface area contributed by atoms with Crippen molar-refractivity contribution in [2.75, 3.05) is 20.2 Å². The molecule has 1 N–H and O–H groups in total. The summed E-state index contributed by atoms with van der Waals surface area (Å²) in [6.07, 6.45) is 1.90. The first-order chi connectivity index (χ1) is 8.55. The van der Waals surface area contributed by atoms with E-state index in [-0.39, 0.29) is 17.8 Å². The number of hydrogen-bond donors (Lipinski definition) is 1. The summed E-state index contributed by atoms with van der Waals surface area (Å²) in [7, 11) is 2.01. The van der Waals surface area contributed by atoms with Crippen molar-refractivity contribution in [2.24, 2.45) is 5.41 Å². The fraction of sp³-hybridized carbons (Fsp3) is 0.600. The van der Waals surface area contributed by atoms with Crippen LogP contribution in [0.25, 0.3) is 0 Å². The first-order valence-corrected chi connectivity index (χ1v) is 6.59. The van der Waals surface area contributed by atoms with Crippen LogP contribution in [0.15, 0.2) is 24.3 Å². The predicted octanol–water partition coefficient (Wildman–Crippen LogP) is 3.06. The molecule has 0 aliphatic carbocycles. The van der Waals surface area contributed by atoms with Gasteiger partial charge in [0.1, 0.15) is 5.82 Å². The molecule has 0 radical (unpaired) electrons. The molecular formula is C15H24FNO. The van der Waals surface area contributed by atoms with Crippen molar-refractivity contribution < 1.29 is 9.50 Å². The Bertz CT molecular complexity index is 355. The third-order valence-corrected chi connectivity index (χ3v) is 3.78. The van der Waals surface area contributed by atoms with Gasteiger partial charge in [0.25, 0.3) is 0 Å². The van der Waals surface area contributed by atoms with E-state index < -0.39 is 0 Å². The molecule has 2 nitrogen and oxygen atoms in total. The second kappa shape index (κ2) is 6.86. The Hall–Kier alpha value is -0.930. The molecule has 18 heavy (non-hydrogen) atoms. The predicted molar refractivity (Wildman–Crippen MR) is 72.8 cm³/mol. The number of hydrogen-bond acceptors (Lipinski definition) is 2. The normalized spacial score (nSPS) is 12.1. The molecule has 1 rings (SSSR count). The average molecular weight is 253 g/mol. The van der Waals surface area contributed by atoms with E-state index in [0.29, 0.717) is 6.54 Å². The quantitative estimate of drug-likeness (QED) is 0.807. The highest BCUT2D eigenvalue weighted by molar-refractivity contribution is 5.16. The lowest BCUT2D eigenvalue weighted by atomic mass is 9.83. The van der Waals surface area contributed by atoms with Gasteiger partial charge in [-0.1, -0.05) is 26.0 Å². The molecule has 1 aromatic carbocycles. The van der Waals surface area contributed by atoms with Gasteiger partial charge < -0.3 is 10.0 Å². The lowest BCUT2D eigenvalue weighted by Gasteiger charge is -2.34. The lowest BCUT2D eigenvalue weighted by molar-refractivity contribution is 0.0730. The maximum absolute atomic E-state index is 13.1.